The van der Waals surface area contributed by atoms with E-state index >= 15 is 0 Å². The number of carbonyl (C=O) groups excluding carboxylic acids is 7. The minimum Gasteiger partial charge on any atom is -0.458 e. The quantitative estimate of drug-likeness (QED) is 0.106. The van der Waals surface area contributed by atoms with Crippen LogP contribution < -0.4 is 26.6 Å². The number of Topliss-reactive ketones (excluding diaryl/α,β-unsaturated/α-hetero) is 1. The summed E-state index contributed by atoms with van der Waals surface area (Å²) in [5.41, 5.74) is -0.332. The molecule has 0 saturated heterocycles. The lowest BCUT2D eigenvalue weighted by Gasteiger charge is -2.25. The van der Waals surface area contributed by atoms with E-state index < -0.39 is 77.8 Å². The van der Waals surface area contributed by atoms with E-state index in [1.165, 1.54) is 0 Å². The molecule has 3 aliphatic rings. The first-order valence-corrected chi connectivity index (χ1v) is 18.0. The molecular formula is C37H53N5O9. The van der Waals surface area contributed by atoms with E-state index in [0.717, 1.165) is 38.5 Å². The van der Waals surface area contributed by atoms with Crippen molar-refractivity contribution >= 4 is 41.5 Å². The van der Waals surface area contributed by atoms with Crippen molar-refractivity contribution in [2.45, 2.75) is 116 Å². The third kappa shape index (κ3) is 13.6. The molecule has 4 unspecified atom stereocenters. The average Bonchev–Trinajstić information content (AvgIpc) is 3.90. The number of nitrogens with one attached hydrogen (secondary N) is 5. The average molecular weight is 712 g/mol. The molecule has 14 nitrogen and oxygen atoms in total. The van der Waals surface area contributed by atoms with E-state index in [1.54, 1.807) is 51.1 Å². The summed E-state index contributed by atoms with van der Waals surface area (Å²) in [6.07, 6.45) is 4.88. The van der Waals surface area contributed by atoms with Gasteiger partial charge < -0.3 is 36.1 Å². The van der Waals surface area contributed by atoms with Crippen LogP contribution in [0.15, 0.2) is 30.3 Å². The lowest BCUT2D eigenvalue weighted by Crippen LogP contribution is -2.57. The maximum atomic E-state index is 13.6. The van der Waals surface area contributed by atoms with E-state index in [-0.39, 0.29) is 36.7 Å². The molecule has 0 bridgehead atoms. The highest BCUT2D eigenvalue weighted by atomic mass is 16.6. The first kappa shape index (κ1) is 39.3. The van der Waals surface area contributed by atoms with E-state index in [0.29, 0.717) is 12.0 Å². The predicted molar refractivity (Wildman–Crippen MR) is 186 cm³/mol. The highest BCUT2D eigenvalue weighted by Gasteiger charge is 2.41. The molecule has 3 aliphatic carbocycles. The monoisotopic (exact) mass is 711 g/mol. The summed E-state index contributed by atoms with van der Waals surface area (Å²) in [6.45, 7) is 8.51. The van der Waals surface area contributed by atoms with Crippen LogP contribution in [0.3, 0.4) is 0 Å². The molecule has 5 amide bonds. The number of benzene rings is 1. The minimum absolute atomic E-state index is 0.0709. The lowest BCUT2D eigenvalue weighted by atomic mass is 10.0. The second-order valence-corrected chi connectivity index (χ2v) is 15.4. The van der Waals surface area contributed by atoms with Crippen LogP contribution in [0.4, 0.5) is 4.79 Å². The number of alkyl carbamates (subject to hydrolysis) is 1. The van der Waals surface area contributed by atoms with Crippen LogP contribution in [0.1, 0.15) is 97.6 Å². The van der Waals surface area contributed by atoms with Crippen molar-refractivity contribution in [3.63, 3.8) is 0 Å². The molecule has 14 heteroatoms. The van der Waals surface area contributed by atoms with Gasteiger partial charge in [-0.05, 0) is 75.7 Å². The van der Waals surface area contributed by atoms with Crippen molar-refractivity contribution in [3.8, 4) is 0 Å². The van der Waals surface area contributed by atoms with Gasteiger partial charge in [0, 0.05) is 0 Å². The van der Waals surface area contributed by atoms with Gasteiger partial charge in [-0.25, -0.2) is 9.59 Å². The smallest absolute Gasteiger partial charge is 0.407 e. The van der Waals surface area contributed by atoms with Crippen LogP contribution in [0, 0.1) is 23.7 Å². The largest absolute Gasteiger partial charge is 0.458 e. The summed E-state index contributed by atoms with van der Waals surface area (Å²) in [6, 6.07) is 4.33. The molecule has 1 aromatic carbocycles. The highest BCUT2D eigenvalue weighted by molar-refractivity contribution is 6.38. The Bertz CT molecular complexity index is 1430. The van der Waals surface area contributed by atoms with Crippen molar-refractivity contribution in [2.75, 3.05) is 13.2 Å². The Balaban J connectivity index is 1.36. The molecule has 0 aromatic heterocycles. The second kappa shape index (κ2) is 17.6. The number of rotatable bonds is 19. The van der Waals surface area contributed by atoms with Gasteiger partial charge in [0.2, 0.25) is 23.5 Å². The van der Waals surface area contributed by atoms with Crippen LogP contribution >= 0.6 is 0 Å². The summed E-state index contributed by atoms with van der Waals surface area (Å²) in [4.78, 5) is 91.7. The molecule has 1 aromatic rings. The maximum Gasteiger partial charge on any atom is 0.407 e. The topological polar surface area (TPSA) is 198 Å². The zero-order valence-electron chi connectivity index (χ0n) is 30.3. The number of ketones is 1. The van der Waals surface area contributed by atoms with Gasteiger partial charge in [0.25, 0.3) is 5.91 Å². The van der Waals surface area contributed by atoms with Gasteiger partial charge in [-0.2, -0.15) is 0 Å². The molecule has 5 N–H and O–H groups in total. The van der Waals surface area contributed by atoms with Crippen molar-refractivity contribution in [1.29, 1.82) is 0 Å². The summed E-state index contributed by atoms with van der Waals surface area (Å²) in [7, 11) is 0. The van der Waals surface area contributed by atoms with Crippen LogP contribution in [0.2, 0.25) is 0 Å². The number of ether oxygens (including phenoxy) is 2. The Hall–Kier alpha value is -4.49. The van der Waals surface area contributed by atoms with E-state index in [2.05, 4.69) is 26.6 Å². The molecule has 4 atom stereocenters. The van der Waals surface area contributed by atoms with Gasteiger partial charge in [-0.3, -0.25) is 24.0 Å². The van der Waals surface area contributed by atoms with Gasteiger partial charge in [-0.1, -0.05) is 69.9 Å². The van der Waals surface area contributed by atoms with Gasteiger partial charge in [0.05, 0.1) is 19.2 Å². The Morgan fingerprint density at radius 2 is 1.35 bits per heavy atom. The molecule has 3 fully saturated rings. The van der Waals surface area contributed by atoms with Crippen LogP contribution in [-0.2, 0) is 38.2 Å². The predicted octanol–water partition coefficient (Wildman–Crippen LogP) is 2.60. The Morgan fingerprint density at radius 1 is 0.765 bits per heavy atom. The molecule has 4 rings (SSSR count). The molecule has 3 saturated carbocycles. The molecule has 0 radical (unpaired) electrons. The lowest BCUT2D eigenvalue weighted by molar-refractivity contribution is -0.158. The van der Waals surface area contributed by atoms with E-state index in [4.69, 9.17) is 9.47 Å². The first-order valence-electron chi connectivity index (χ1n) is 18.0. The number of hydrogen-bond donors (Lipinski definition) is 5. The molecule has 51 heavy (non-hydrogen) atoms. The Labute approximate surface area is 299 Å². The minimum atomic E-state index is -1.17. The Morgan fingerprint density at radius 3 is 1.90 bits per heavy atom. The number of hydrogen-bond acceptors (Lipinski definition) is 9. The van der Waals surface area contributed by atoms with Gasteiger partial charge in [0.1, 0.15) is 17.7 Å². The normalized spacial score (nSPS) is 17.9. The second-order valence-electron chi connectivity index (χ2n) is 15.4. The standard InChI is InChI=1S/C37H53N5O9/c1-21(2)20-50-36(49)42-29(25-15-16-25)33(46)40-27(18-23-13-14-23)32(45)39-26(17-22-11-12-22)31(44)34(47)38-19-28(43)41-30(24-9-7-6-8-10-24)35(48)51-37(3,4)5/h6-10,21-23,25-27,29-30H,11-20H2,1-5H3,(H,38,47)(H,39,45)(H,40,46)(H,41,43)(H,42,49). The fraction of sp³-hybridized carbons (Fsp3) is 0.649. The van der Waals surface area contributed by atoms with E-state index in [9.17, 15) is 33.6 Å². The van der Waals surface area contributed by atoms with Crippen molar-refractivity contribution in [1.82, 2.24) is 26.6 Å². The van der Waals surface area contributed by atoms with Crippen molar-refractivity contribution < 1.29 is 43.0 Å². The van der Waals surface area contributed by atoms with Gasteiger partial charge >= 0.3 is 12.1 Å². The number of amides is 5. The third-order valence-electron chi connectivity index (χ3n) is 8.71. The summed E-state index contributed by atoms with van der Waals surface area (Å²) in [5.74, 6) is -4.07. The fourth-order valence-electron chi connectivity index (χ4n) is 5.51. The summed E-state index contributed by atoms with van der Waals surface area (Å²) in [5, 5.41) is 13.0. The van der Waals surface area contributed by atoms with Crippen LogP contribution in [0.5, 0.6) is 0 Å². The molecule has 0 heterocycles. The van der Waals surface area contributed by atoms with Gasteiger partial charge in [0.15, 0.2) is 6.04 Å². The zero-order chi connectivity index (χ0) is 37.3. The van der Waals surface area contributed by atoms with Gasteiger partial charge in [-0.15, -0.1) is 0 Å². The highest BCUT2D eigenvalue weighted by Crippen LogP contribution is 2.36. The summed E-state index contributed by atoms with van der Waals surface area (Å²) < 4.78 is 10.7. The third-order valence-corrected chi connectivity index (χ3v) is 8.71. The molecular weight excluding hydrogens is 658 g/mol. The first-order chi connectivity index (χ1) is 24.1. The fourth-order valence-corrected chi connectivity index (χ4v) is 5.51. The summed E-state index contributed by atoms with van der Waals surface area (Å²) >= 11 is 0. The molecule has 0 aliphatic heterocycles. The van der Waals surface area contributed by atoms with Crippen LogP contribution in [-0.4, -0.2) is 78.4 Å². The SMILES string of the molecule is CC(C)COC(=O)NC(C(=O)NC(CC1CC1)C(=O)NC(CC1CC1)C(=O)C(=O)NCC(=O)NC(C(=O)OC(C)(C)C)c1ccccc1)C1CC1. The van der Waals surface area contributed by atoms with Crippen LogP contribution in [0.25, 0.3) is 0 Å². The zero-order valence-corrected chi connectivity index (χ0v) is 30.3. The van der Waals surface area contributed by atoms with E-state index in [1.807, 2.05) is 13.8 Å². The Kier molecular flexibility index (Phi) is 13.6. The molecule has 280 valence electrons. The van der Waals surface area contributed by atoms with Crippen molar-refractivity contribution in [2.24, 2.45) is 23.7 Å². The van der Waals surface area contributed by atoms with Crippen molar-refractivity contribution in [3.05, 3.63) is 35.9 Å². The molecule has 0 spiro atoms. The number of esters is 1. The number of carbonyl (C=O) groups is 7. The maximum absolute atomic E-state index is 13.6.